The molecular formula is C17H26N2O3. The number of carbonyl (C=O) groups excluding carboxylic acids is 1. The summed E-state index contributed by atoms with van der Waals surface area (Å²) in [5.41, 5.74) is 0.819. The Morgan fingerprint density at radius 3 is 2.23 bits per heavy atom. The molecule has 0 saturated heterocycles. The lowest BCUT2D eigenvalue weighted by Gasteiger charge is -2.28. The van der Waals surface area contributed by atoms with Crippen LogP contribution in [0.4, 0.5) is 5.69 Å². The fraction of sp³-hybridized carbons (Fsp3) is 0.529. The van der Waals surface area contributed by atoms with Crippen LogP contribution in [0.25, 0.3) is 0 Å². The lowest BCUT2D eigenvalue weighted by Crippen LogP contribution is -2.49. The van der Waals surface area contributed by atoms with Gasteiger partial charge in [-0.05, 0) is 31.9 Å². The Hall–Kier alpha value is -1.88. The highest BCUT2D eigenvalue weighted by Gasteiger charge is 2.25. The first-order valence-electron chi connectivity index (χ1n) is 7.71. The Kier molecular flexibility index (Phi) is 7.05. The van der Waals surface area contributed by atoms with E-state index in [1.165, 1.54) is 0 Å². The van der Waals surface area contributed by atoms with Crippen molar-refractivity contribution in [3.05, 3.63) is 30.3 Å². The molecule has 1 amide bonds. The number of rotatable bonds is 8. The molecule has 0 fully saturated rings. The fourth-order valence-corrected chi connectivity index (χ4v) is 2.37. The topological polar surface area (TPSA) is 69.6 Å². The maximum atomic E-state index is 12.5. The number of benzene rings is 1. The number of hydrogen-bond donors (Lipinski definition) is 2. The van der Waals surface area contributed by atoms with Crippen molar-refractivity contribution in [3.8, 4) is 0 Å². The molecule has 22 heavy (non-hydrogen) atoms. The van der Waals surface area contributed by atoms with Crippen LogP contribution in [0, 0.1) is 5.92 Å². The average molecular weight is 306 g/mol. The summed E-state index contributed by atoms with van der Waals surface area (Å²) in [4.78, 5) is 25.5. The Morgan fingerprint density at radius 2 is 1.77 bits per heavy atom. The number of carboxylic acids is 1. The number of carboxylic acid groups (broad SMARTS) is 1. The van der Waals surface area contributed by atoms with Crippen molar-refractivity contribution in [2.24, 2.45) is 5.92 Å². The summed E-state index contributed by atoms with van der Waals surface area (Å²) in [6, 6.07) is 8.70. The van der Waals surface area contributed by atoms with Crippen LogP contribution in [-0.4, -0.2) is 35.6 Å². The number of hydrogen-bond acceptors (Lipinski definition) is 3. The maximum absolute atomic E-state index is 12.5. The Labute approximate surface area is 132 Å². The molecule has 2 N–H and O–H groups in total. The van der Waals surface area contributed by atoms with Gasteiger partial charge in [0.25, 0.3) is 0 Å². The number of amides is 1. The first-order valence-corrected chi connectivity index (χ1v) is 7.71. The molecule has 1 rings (SSSR count). The molecule has 0 saturated carbocycles. The smallest absolute Gasteiger partial charge is 0.320 e. The van der Waals surface area contributed by atoms with Gasteiger partial charge in [-0.3, -0.25) is 14.9 Å². The van der Waals surface area contributed by atoms with Crippen molar-refractivity contribution in [2.45, 2.75) is 46.2 Å². The van der Waals surface area contributed by atoms with E-state index < -0.39 is 12.0 Å². The molecule has 0 bridgehead atoms. The molecule has 0 aliphatic rings. The van der Waals surface area contributed by atoms with Crippen molar-refractivity contribution in [2.75, 3.05) is 11.4 Å². The molecule has 0 heterocycles. The van der Waals surface area contributed by atoms with Gasteiger partial charge in [0.1, 0.15) is 6.04 Å². The second-order valence-electron chi connectivity index (χ2n) is 5.78. The molecule has 5 heteroatoms. The van der Waals surface area contributed by atoms with E-state index in [0.29, 0.717) is 0 Å². The third-order valence-corrected chi connectivity index (χ3v) is 3.77. The standard InChI is InChI=1S/C17H26N2O3/c1-5-13(4)16(17(21)22)18-11-15(20)19(12(2)3)14-9-7-6-8-10-14/h6-10,12-13,16,18H,5,11H2,1-4H3,(H,21,22)/t13-,16-/m0/s1. The molecule has 0 unspecified atom stereocenters. The molecular weight excluding hydrogens is 280 g/mol. The predicted octanol–water partition coefficient (Wildman–Crippen LogP) is 2.52. The Balaban J connectivity index is 2.78. The number of anilines is 1. The monoisotopic (exact) mass is 306 g/mol. The Bertz CT molecular complexity index is 488. The van der Waals surface area contributed by atoms with Gasteiger partial charge < -0.3 is 10.0 Å². The molecule has 0 spiro atoms. The summed E-state index contributed by atoms with van der Waals surface area (Å²) in [6.45, 7) is 7.69. The van der Waals surface area contributed by atoms with Crippen LogP contribution in [0.1, 0.15) is 34.1 Å². The van der Waals surface area contributed by atoms with Crippen LogP contribution in [0.2, 0.25) is 0 Å². The largest absolute Gasteiger partial charge is 0.480 e. The highest BCUT2D eigenvalue weighted by Crippen LogP contribution is 2.16. The molecule has 0 aliphatic heterocycles. The van der Waals surface area contributed by atoms with Gasteiger partial charge >= 0.3 is 5.97 Å². The van der Waals surface area contributed by atoms with Crippen LogP contribution in [0.3, 0.4) is 0 Å². The zero-order chi connectivity index (χ0) is 16.7. The van der Waals surface area contributed by atoms with Crippen LogP contribution < -0.4 is 10.2 Å². The lowest BCUT2D eigenvalue weighted by atomic mass is 9.99. The number of carbonyl (C=O) groups is 2. The van der Waals surface area contributed by atoms with Crippen LogP contribution >= 0.6 is 0 Å². The van der Waals surface area contributed by atoms with Gasteiger partial charge in [-0.15, -0.1) is 0 Å². The number of aliphatic carboxylic acids is 1. The molecule has 122 valence electrons. The minimum absolute atomic E-state index is 0.00331. The SMILES string of the molecule is CC[C@H](C)[C@H](NCC(=O)N(c1ccccc1)C(C)C)C(=O)O. The van der Waals surface area contributed by atoms with Gasteiger partial charge in [0, 0.05) is 11.7 Å². The van der Waals surface area contributed by atoms with E-state index in [1.807, 2.05) is 58.0 Å². The predicted molar refractivity (Wildman–Crippen MR) is 87.9 cm³/mol. The summed E-state index contributed by atoms with van der Waals surface area (Å²) >= 11 is 0. The van der Waals surface area contributed by atoms with E-state index in [0.717, 1.165) is 12.1 Å². The van der Waals surface area contributed by atoms with E-state index in [4.69, 9.17) is 0 Å². The zero-order valence-electron chi connectivity index (χ0n) is 13.7. The van der Waals surface area contributed by atoms with Gasteiger partial charge in [0.05, 0.1) is 6.54 Å². The van der Waals surface area contributed by atoms with Crippen molar-refractivity contribution in [1.29, 1.82) is 0 Å². The summed E-state index contributed by atoms with van der Waals surface area (Å²) in [7, 11) is 0. The Morgan fingerprint density at radius 1 is 1.18 bits per heavy atom. The van der Waals surface area contributed by atoms with Gasteiger partial charge in [0.2, 0.25) is 5.91 Å². The molecule has 1 aromatic carbocycles. The second kappa shape index (κ2) is 8.54. The van der Waals surface area contributed by atoms with Crippen LogP contribution in [-0.2, 0) is 9.59 Å². The highest BCUT2D eigenvalue weighted by molar-refractivity contribution is 5.95. The van der Waals surface area contributed by atoms with Crippen molar-refractivity contribution in [3.63, 3.8) is 0 Å². The summed E-state index contributed by atoms with van der Waals surface area (Å²) < 4.78 is 0. The van der Waals surface area contributed by atoms with Gasteiger partial charge in [0.15, 0.2) is 0 Å². The molecule has 1 aromatic rings. The third kappa shape index (κ3) is 4.84. The number of para-hydroxylation sites is 1. The number of nitrogens with zero attached hydrogens (tertiary/aromatic N) is 1. The highest BCUT2D eigenvalue weighted by atomic mass is 16.4. The molecule has 0 radical (unpaired) electrons. The van der Waals surface area contributed by atoms with E-state index in [2.05, 4.69) is 5.32 Å². The molecule has 0 aliphatic carbocycles. The summed E-state index contributed by atoms with van der Waals surface area (Å²) in [5.74, 6) is -1.08. The summed E-state index contributed by atoms with van der Waals surface area (Å²) in [5, 5.41) is 12.1. The first-order chi connectivity index (χ1) is 10.4. The van der Waals surface area contributed by atoms with E-state index in [-0.39, 0.29) is 24.4 Å². The zero-order valence-corrected chi connectivity index (χ0v) is 13.7. The third-order valence-electron chi connectivity index (χ3n) is 3.77. The van der Waals surface area contributed by atoms with E-state index in [9.17, 15) is 14.7 Å². The minimum Gasteiger partial charge on any atom is -0.480 e. The van der Waals surface area contributed by atoms with Crippen LogP contribution in [0.15, 0.2) is 30.3 Å². The minimum atomic E-state index is -0.919. The van der Waals surface area contributed by atoms with Gasteiger partial charge in [-0.1, -0.05) is 38.5 Å². The van der Waals surface area contributed by atoms with Gasteiger partial charge in [-0.2, -0.15) is 0 Å². The summed E-state index contributed by atoms with van der Waals surface area (Å²) in [6.07, 6.45) is 0.741. The molecule has 0 aromatic heterocycles. The van der Waals surface area contributed by atoms with E-state index >= 15 is 0 Å². The normalized spacial score (nSPS) is 13.7. The maximum Gasteiger partial charge on any atom is 0.320 e. The van der Waals surface area contributed by atoms with Crippen LogP contribution in [0.5, 0.6) is 0 Å². The van der Waals surface area contributed by atoms with Gasteiger partial charge in [-0.25, -0.2) is 0 Å². The first kappa shape index (κ1) is 18.2. The molecule has 5 nitrogen and oxygen atoms in total. The van der Waals surface area contributed by atoms with Crippen molar-refractivity contribution >= 4 is 17.6 Å². The average Bonchev–Trinajstić information content (AvgIpc) is 2.47. The molecule has 2 atom stereocenters. The van der Waals surface area contributed by atoms with Crippen molar-refractivity contribution in [1.82, 2.24) is 5.32 Å². The quantitative estimate of drug-likeness (QED) is 0.774. The fourth-order valence-electron chi connectivity index (χ4n) is 2.37. The lowest BCUT2D eigenvalue weighted by molar-refractivity contribution is -0.140. The second-order valence-corrected chi connectivity index (χ2v) is 5.78. The number of nitrogens with one attached hydrogen (secondary N) is 1. The van der Waals surface area contributed by atoms with E-state index in [1.54, 1.807) is 4.90 Å². The van der Waals surface area contributed by atoms with Crippen molar-refractivity contribution < 1.29 is 14.7 Å².